The smallest absolute Gasteiger partial charge is 0.550 e. The first-order valence-corrected chi connectivity index (χ1v) is 4.62. The van der Waals surface area contributed by atoms with Gasteiger partial charge in [0.2, 0.25) is 0 Å². The number of hydrogen-bond acceptors (Lipinski definition) is 2. The first kappa shape index (κ1) is 15.9. The van der Waals surface area contributed by atoms with Crippen LogP contribution in [0.4, 0.5) is 0 Å². The zero-order chi connectivity index (χ0) is 9.61. The molecule has 0 aromatic heterocycles. The van der Waals surface area contributed by atoms with E-state index in [4.69, 9.17) is 0 Å². The van der Waals surface area contributed by atoms with Crippen LogP contribution in [0.25, 0.3) is 0 Å². The fourth-order valence-corrected chi connectivity index (χ4v) is 1.10. The normalized spacial score (nSPS) is 10.7. The van der Waals surface area contributed by atoms with E-state index in [2.05, 4.69) is 20.8 Å². The predicted octanol–water partition coefficient (Wildman–Crippen LogP) is -1.26. The summed E-state index contributed by atoms with van der Waals surface area (Å²) in [5.41, 5.74) is 0.376. The third kappa shape index (κ3) is 15.2. The minimum atomic E-state index is -0.925. The van der Waals surface area contributed by atoms with Gasteiger partial charge in [0.05, 0.1) is 0 Å². The molecule has 0 saturated heterocycles. The van der Waals surface area contributed by atoms with E-state index in [0.29, 0.717) is 5.41 Å². The van der Waals surface area contributed by atoms with Crippen molar-refractivity contribution in [2.75, 3.05) is 0 Å². The average Bonchev–Trinajstić information content (AvgIpc) is 1.83. The molecule has 0 aromatic rings. The first-order valence-electron chi connectivity index (χ1n) is 4.62. The number of aliphatic carboxylic acids is 1. The van der Waals surface area contributed by atoms with E-state index in [0.717, 1.165) is 19.3 Å². The third-order valence-corrected chi connectivity index (χ3v) is 1.81. The van der Waals surface area contributed by atoms with Crippen LogP contribution in [0.1, 0.15) is 52.9 Å². The number of carboxylic acid groups (broad SMARTS) is 1. The summed E-state index contributed by atoms with van der Waals surface area (Å²) in [6, 6.07) is 0. The maximum atomic E-state index is 10.0. The second kappa shape index (κ2) is 7.84. The molecule has 0 aromatic carbocycles. The van der Waals surface area contributed by atoms with Crippen molar-refractivity contribution in [3.8, 4) is 0 Å². The summed E-state index contributed by atoms with van der Waals surface area (Å²) in [6.07, 6.45) is 4.27. The molecule has 0 N–H and O–H groups in total. The minimum Gasteiger partial charge on any atom is -0.550 e. The average molecular weight is 194 g/mol. The molecule has 0 bridgehead atoms. The van der Waals surface area contributed by atoms with Gasteiger partial charge < -0.3 is 9.90 Å². The molecule has 13 heavy (non-hydrogen) atoms. The van der Waals surface area contributed by atoms with Crippen molar-refractivity contribution in [1.82, 2.24) is 0 Å². The van der Waals surface area contributed by atoms with Gasteiger partial charge >= 0.3 is 29.6 Å². The number of unbranched alkanes of at least 4 members (excludes halogenated alkanes) is 2. The van der Waals surface area contributed by atoms with Crippen molar-refractivity contribution in [2.24, 2.45) is 5.41 Å². The molecule has 0 fully saturated rings. The molecule has 0 aliphatic heterocycles. The second-order valence-electron chi connectivity index (χ2n) is 4.49. The monoisotopic (exact) mass is 194 g/mol. The number of carboxylic acids is 1. The standard InChI is InChI=1S/C10H20O2.Na/c1-10(2,3)8-6-4-5-7-9(11)12;/h4-8H2,1-3H3,(H,11,12);/q;+1/p-1. The van der Waals surface area contributed by atoms with Crippen LogP contribution in [0.2, 0.25) is 0 Å². The van der Waals surface area contributed by atoms with Crippen LogP contribution in [-0.2, 0) is 4.79 Å². The van der Waals surface area contributed by atoms with Gasteiger partial charge in [-0.05, 0) is 24.7 Å². The van der Waals surface area contributed by atoms with E-state index in [1.54, 1.807) is 0 Å². The molecule has 0 amide bonds. The quantitative estimate of drug-likeness (QED) is 0.405. The summed E-state index contributed by atoms with van der Waals surface area (Å²) in [6.45, 7) is 6.60. The van der Waals surface area contributed by atoms with E-state index >= 15 is 0 Å². The Kier molecular flexibility index (Phi) is 9.60. The van der Waals surface area contributed by atoms with Gasteiger partial charge in [0.15, 0.2) is 0 Å². The Morgan fingerprint density at radius 1 is 1.15 bits per heavy atom. The van der Waals surface area contributed by atoms with Gasteiger partial charge in [0, 0.05) is 5.97 Å². The summed E-state index contributed by atoms with van der Waals surface area (Å²) >= 11 is 0. The van der Waals surface area contributed by atoms with Crippen molar-refractivity contribution in [3.05, 3.63) is 0 Å². The fourth-order valence-electron chi connectivity index (χ4n) is 1.10. The summed E-state index contributed by atoms with van der Waals surface area (Å²) in [7, 11) is 0. The Morgan fingerprint density at radius 2 is 1.69 bits per heavy atom. The largest absolute Gasteiger partial charge is 1.00 e. The zero-order valence-electron chi connectivity index (χ0n) is 9.35. The van der Waals surface area contributed by atoms with Crippen LogP contribution in [0.15, 0.2) is 0 Å². The molecule has 72 valence electrons. The number of rotatable bonds is 5. The third-order valence-electron chi connectivity index (χ3n) is 1.81. The molecule has 2 nitrogen and oxygen atoms in total. The van der Waals surface area contributed by atoms with Crippen LogP contribution < -0.4 is 34.7 Å². The molecule has 0 spiro atoms. The molecule has 0 atom stereocenters. The van der Waals surface area contributed by atoms with Crippen LogP contribution in [0.5, 0.6) is 0 Å². The number of carbonyl (C=O) groups excluding carboxylic acids is 1. The Labute approximate surface area is 103 Å². The van der Waals surface area contributed by atoms with Crippen molar-refractivity contribution in [2.45, 2.75) is 52.9 Å². The number of carbonyl (C=O) groups is 1. The SMILES string of the molecule is CC(C)(C)CCCCCC(=O)[O-].[Na+]. The second-order valence-corrected chi connectivity index (χ2v) is 4.49. The summed E-state index contributed by atoms with van der Waals surface area (Å²) < 4.78 is 0. The van der Waals surface area contributed by atoms with Crippen LogP contribution in [0.3, 0.4) is 0 Å². The van der Waals surface area contributed by atoms with E-state index < -0.39 is 5.97 Å². The van der Waals surface area contributed by atoms with E-state index in [9.17, 15) is 9.90 Å². The van der Waals surface area contributed by atoms with Crippen molar-refractivity contribution >= 4 is 5.97 Å². The molecular formula is C10H19NaO2. The summed E-state index contributed by atoms with van der Waals surface area (Å²) in [4.78, 5) is 10.0. The van der Waals surface area contributed by atoms with Gasteiger partial charge in [0.1, 0.15) is 0 Å². The van der Waals surface area contributed by atoms with Gasteiger partial charge in [-0.2, -0.15) is 0 Å². The molecule has 0 unspecified atom stereocenters. The molecule has 3 heteroatoms. The van der Waals surface area contributed by atoms with Crippen molar-refractivity contribution in [1.29, 1.82) is 0 Å². The van der Waals surface area contributed by atoms with E-state index in [1.165, 1.54) is 6.42 Å². The maximum absolute atomic E-state index is 10.0. The van der Waals surface area contributed by atoms with Crippen LogP contribution in [-0.4, -0.2) is 5.97 Å². The van der Waals surface area contributed by atoms with Crippen LogP contribution >= 0.6 is 0 Å². The Morgan fingerprint density at radius 3 is 2.08 bits per heavy atom. The fraction of sp³-hybridized carbons (Fsp3) is 0.900. The van der Waals surface area contributed by atoms with Crippen molar-refractivity contribution < 1.29 is 39.5 Å². The van der Waals surface area contributed by atoms with Crippen LogP contribution in [0, 0.1) is 5.41 Å². The predicted molar refractivity (Wildman–Crippen MR) is 47.5 cm³/mol. The maximum Gasteiger partial charge on any atom is 1.00 e. The van der Waals surface area contributed by atoms with E-state index in [1.807, 2.05) is 0 Å². The summed E-state index contributed by atoms with van der Waals surface area (Å²) in [5.74, 6) is -0.925. The molecule has 0 radical (unpaired) electrons. The molecule has 0 saturated carbocycles. The van der Waals surface area contributed by atoms with Gasteiger partial charge in [0.25, 0.3) is 0 Å². The molecule has 0 aliphatic carbocycles. The van der Waals surface area contributed by atoms with Crippen molar-refractivity contribution in [3.63, 3.8) is 0 Å². The minimum absolute atomic E-state index is 0. The van der Waals surface area contributed by atoms with E-state index in [-0.39, 0.29) is 36.0 Å². The molecular weight excluding hydrogens is 175 g/mol. The Hall–Kier alpha value is 0.470. The summed E-state index contributed by atoms with van der Waals surface area (Å²) in [5, 5.41) is 10.0. The molecule has 0 rings (SSSR count). The van der Waals surface area contributed by atoms with Gasteiger partial charge in [-0.1, -0.05) is 33.6 Å². The van der Waals surface area contributed by atoms with Gasteiger partial charge in [-0.25, -0.2) is 0 Å². The number of hydrogen-bond donors (Lipinski definition) is 0. The first-order chi connectivity index (χ1) is 5.42. The van der Waals surface area contributed by atoms with Gasteiger partial charge in [-0.3, -0.25) is 0 Å². The van der Waals surface area contributed by atoms with Gasteiger partial charge in [-0.15, -0.1) is 0 Å². The Balaban J connectivity index is 0. The molecule has 0 heterocycles. The zero-order valence-corrected chi connectivity index (χ0v) is 11.4. The Bertz CT molecular complexity index is 138. The molecule has 0 aliphatic rings. The topological polar surface area (TPSA) is 40.1 Å².